The van der Waals surface area contributed by atoms with Crippen LogP contribution in [0.3, 0.4) is 0 Å². The summed E-state index contributed by atoms with van der Waals surface area (Å²) in [4.78, 5) is 37.1. The van der Waals surface area contributed by atoms with Crippen molar-refractivity contribution in [3.05, 3.63) is 65.9 Å². The zero-order valence-electron chi connectivity index (χ0n) is 18.6. The molecule has 1 aliphatic rings. The molecule has 0 saturated carbocycles. The summed E-state index contributed by atoms with van der Waals surface area (Å²) in [6, 6.07) is 14.7. The summed E-state index contributed by atoms with van der Waals surface area (Å²) in [7, 11) is 1.58. The average Bonchev–Trinajstić information content (AvgIpc) is 2.84. The maximum atomic E-state index is 12.6. The van der Waals surface area contributed by atoms with Crippen LogP contribution in [0.25, 0.3) is 0 Å². The van der Waals surface area contributed by atoms with E-state index in [9.17, 15) is 9.59 Å². The van der Waals surface area contributed by atoms with Gasteiger partial charge in [0, 0.05) is 49.3 Å². The predicted octanol–water partition coefficient (Wildman–Crippen LogP) is 2.85. The second-order valence-corrected chi connectivity index (χ2v) is 7.73. The van der Waals surface area contributed by atoms with Crippen molar-refractivity contribution in [2.75, 3.05) is 54.1 Å². The molecular formula is C24H26N6O3. The van der Waals surface area contributed by atoms with E-state index in [0.717, 1.165) is 18.8 Å². The van der Waals surface area contributed by atoms with Crippen molar-refractivity contribution in [3.8, 4) is 5.75 Å². The lowest BCUT2D eigenvalue weighted by Crippen LogP contribution is -2.47. The number of ketones is 1. The van der Waals surface area contributed by atoms with Crippen molar-refractivity contribution in [2.45, 2.75) is 6.92 Å². The van der Waals surface area contributed by atoms with E-state index >= 15 is 0 Å². The third-order valence-electron chi connectivity index (χ3n) is 5.60. The Bertz CT molecular complexity index is 1140. The molecule has 1 aliphatic heterocycles. The molecule has 2 heterocycles. The first-order chi connectivity index (χ1) is 15.9. The highest BCUT2D eigenvalue weighted by Gasteiger charge is 2.21. The number of Topliss-reactive ketones (excluding diaryl/α,β-unsaturated/α-hetero) is 1. The number of nitrogen functional groups attached to an aromatic ring is 1. The number of hydrogen-bond donors (Lipinski definition) is 2. The van der Waals surface area contributed by atoms with Crippen LogP contribution in [-0.2, 0) is 0 Å². The molecule has 9 heteroatoms. The van der Waals surface area contributed by atoms with E-state index < -0.39 is 0 Å². The molecule has 1 fully saturated rings. The van der Waals surface area contributed by atoms with Gasteiger partial charge < -0.3 is 25.6 Å². The summed E-state index contributed by atoms with van der Waals surface area (Å²) in [5.41, 5.74) is 8.71. The van der Waals surface area contributed by atoms with Gasteiger partial charge in [0.2, 0.25) is 5.95 Å². The Morgan fingerprint density at radius 1 is 0.970 bits per heavy atom. The number of hydrogen-bond acceptors (Lipinski definition) is 8. The van der Waals surface area contributed by atoms with E-state index in [1.807, 2.05) is 29.2 Å². The van der Waals surface area contributed by atoms with Gasteiger partial charge in [-0.3, -0.25) is 9.59 Å². The second kappa shape index (κ2) is 9.56. The number of benzene rings is 2. The maximum absolute atomic E-state index is 12.6. The monoisotopic (exact) mass is 446 g/mol. The van der Waals surface area contributed by atoms with Gasteiger partial charge in [-0.15, -0.1) is 0 Å². The van der Waals surface area contributed by atoms with Crippen LogP contribution in [0, 0.1) is 0 Å². The zero-order chi connectivity index (χ0) is 23.4. The third-order valence-corrected chi connectivity index (χ3v) is 5.60. The summed E-state index contributed by atoms with van der Waals surface area (Å²) in [6.45, 7) is 4.55. The van der Waals surface area contributed by atoms with Gasteiger partial charge >= 0.3 is 0 Å². The minimum absolute atomic E-state index is 0.0576. The Morgan fingerprint density at radius 3 is 2.18 bits per heavy atom. The number of carbonyl (C=O) groups is 2. The number of nitrogens with two attached hydrogens (primary N) is 1. The van der Waals surface area contributed by atoms with Gasteiger partial charge in [-0.2, -0.15) is 4.98 Å². The molecule has 2 aromatic carbocycles. The molecule has 0 bridgehead atoms. The number of ether oxygens (including phenoxy) is 1. The molecule has 3 N–H and O–H groups in total. The molecular weight excluding hydrogens is 420 g/mol. The van der Waals surface area contributed by atoms with Gasteiger partial charge in [0.1, 0.15) is 17.1 Å². The molecule has 0 spiro atoms. The third kappa shape index (κ3) is 5.03. The lowest BCUT2D eigenvalue weighted by molar-refractivity contribution is 0.101. The van der Waals surface area contributed by atoms with E-state index in [1.54, 1.807) is 38.3 Å². The van der Waals surface area contributed by atoms with Crippen LogP contribution in [0.5, 0.6) is 5.75 Å². The van der Waals surface area contributed by atoms with Crippen molar-refractivity contribution < 1.29 is 14.3 Å². The van der Waals surface area contributed by atoms with Crippen molar-refractivity contribution in [3.63, 3.8) is 0 Å². The van der Waals surface area contributed by atoms with Crippen LogP contribution < -0.4 is 25.6 Å². The lowest BCUT2D eigenvalue weighted by atomic mass is 10.1. The van der Waals surface area contributed by atoms with Crippen molar-refractivity contribution >= 4 is 34.8 Å². The van der Waals surface area contributed by atoms with Gasteiger partial charge in [-0.25, -0.2) is 4.98 Å². The predicted molar refractivity (Wildman–Crippen MR) is 128 cm³/mol. The van der Waals surface area contributed by atoms with E-state index in [0.29, 0.717) is 36.0 Å². The molecule has 33 heavy (non-hydrogen) atoms. The average molecular weight is 447 g/mol. The molecule has 1 amide bonds. The van der Waals surface area contributed by atoms with E-state index in [-0.39, 0.29) is 23.1 Å². The maximum Gasteiger partial charge on any atom is 0.260 e. The number of amides is 1. The molecule has 1 aromatic heterocycles. The fourth-order valence-corrected chi connectivity index (χ4v) is 3.66. The highest BCUT2D eigenvalue weighted by atomic mass is 16.5. The van der Waals surface area contributed by atoms with Crippen LogP contribution in [0.1, 0.15) is 27.6 Å². The van der Waals surface area contributed by atoms with Crippen LogP contribution in [0.15, 0.2) is 54.7 Å². The standard InChI is InChI=1S/C24H26N6O3/c1-16(31)17-3-7-19(8-4-17)29-11-13-30(14-12-29)24-26-15-21(22(25)28-24)23(32)27-18-5-9-20(33-2)10-6-18/h3-10,15H,11-14H2,1-2H3,(H,27,32)(H2,25,26,28). The normalized spacial score (nSPS) is 13.5. The van der Waals surface area contributed by atoms with E-state index in [4.69, 9.17) is 10.5 Å². The number of piperazine rings is 1. The number of aromatic nitrogens is 2. The quantitative estimate of drug-likeness (QED) is 0.556. The van der Waals surface area contributed by atoms with Gasteiger partial charge in [-0.1, -0.05) is 0 Å². The first-order valence-electron chi connectivity index (χ1n) is 10.6. The fraction of sp³-hybridized carbons (Fsp3) is 0.250. The molecule has 0 radical (unpaired) electrons. The minimum atomic E-state index is -0.372. The molecule has 0 aliphatic carbocycles. The summed E-state index contributed by atoms with van der Waals surface area (Å²) >= 11 is 0. The topological polar surface area (TPSA) is 114 Å². The molecule has 170 valence electrons. The number of rotatable bonds is 6. The number of anilines is 4. The van der Waals surface area contributed by atoms with Crippen molar-refractivity contribution in [1.29, 1.82) is 0 Å². The van der Waals surface area contributed by atoms with Gasteiger partial charge in [0.15, 0.2) is 5.78 Å². The summed E-state index contributed by atoms with van der Waals surface area (Å²) in [5, 5.41) is 2.79. The number of methoxy groups -OCH3 is 1. The molecule has 3 aromatic rings. The molecule has 1 saturated heterocycles. The number of carbonyl (C=O) groups excluding carboxylic acids is 2. The second-order valence-electron chi connectivity index (χ2n) is 7.73. The van der Waals surface area contributed by atoms with Gasteiger partial charge in [0.05, 0.1) is 7.11 Å². The Kier molecular flexibility index (Phi) is 6.39. The van der Waals surface area contributed by atoms with Crippen molar-refractivity contribution in [2.24, 2.45) is 0 Å². The van der Waals surface area contributed by atoms with Crippen LogP contribution >= 0.6 is 0 Å². The van der Waals surface area contributed by atoms with E-state index in [1.165, 1.54) is 6.20 Å². The van der Waals surface area contributed by atoms with Crippen LogP contribution in [0.2, 0.25) is 0 Å². The highest BCUT2D eigenvalue weighted by Crippen LogP contribution is 2.21. The number of nitrogens with one attached hydrogen (secondary N) is 1. The molecule has 0 atom stereocenters. The zero-order valence-corrected chi connectivity index (χ0v) is 18.6. The summed E-state index contributed by atoms with van der Waals surface area (Å²) in [5.74, 6) is 1.02. The largest absolute Gasteiger partial charge is 0.497 e. The summed E-state index contributed by atoms with van der Waals surface area (Å²) < 4.78 is 5.12. The molecule has 9 nitrogen and oxygen atoms in total. The first-order valence-corrected chi connectivity index (χ1v) is 10.6. The van der Waals surface area contributed by atoms with Gasteiger partial charge in [0.25, 0.3) is 5.91 Å². The SMILES string of the molecule is COc1ccc(NC(=O)c2cnc(N3CCN(c4ccc(C(C)=O)cc4)CC3)nc2N)cc1. The fourth-order valence-electron chi connectivity index (χ4n) is 3.66. The smallest absolute Gasteiger partial charge is 0.260 e. The van der Waals surface area contributed by atoms with Crippen LogP contribution in [0.4, 0.5) is 23.1 Å². The van der Waals surface area contributed by atoms with Gasteiger partial charge in [-0.05, 0) is 55.5 Å². The highest BCUT2D eigenvalue weighted by molar-refractivity contribution is 6.07. The van der Waals surface area contributed by atoms with Crippen LogP contribution in [-0.4, -0.2) is 54.9 Å². The Labute approximate surface area is 192 Å². The minimum Gasteiger partial charge on any atom is -0.497 e. The van der Waals surface area contributed by atoms with Crippen molar-refractivity contribution in [1.82, 2.24) is 9.97 Å². The Hall–Kier alpha value is -4.14. The Morgan fingerprint density at radius 2 is 1.61 bits per heavy atom. The lowest BCUT2D eigenvalue weighted by Gasteiger charge is -2.36. The number of nitrogens with zero attached hydrogens (tertiary/aromatic N) is 4. The Balaban J connectivity index is 1.37. The molecule has 0 unspecified atom stereocenters. The first kappa shape index (κ1) is 22.1. The molecule has 4 rings (SSSR count). The summed E-state index contributed by atoms with van der Waals surface area (Å²) in [6.07, 6.45) is 1.46. The van der Waals surface area contributed by atoms with E-state index in [2.05, 4.69) is 20.2 Å².